The molecule has 0 spiro atoms. The van der Waals surface area contributed by atoms with Crippen LogP contribution in [-0.2, 0) is 4.79 Å². The van der Waals surface area contributed by atoms with Crippen LogP contribution in [-0.4, -0.2) is 66.2 Å². The third-order valence-corrected chi connectivity index (χ3v) is 7.73. The lowest BCUT2D eigenvalue weighted by atomic mass is 9.99. The van der Waals surface area contributed by atoms with Crippen molar-refractivity contribution >= 4 is 40.7 Å². The summed E-state index contributed by atoms with van der Waals surface area (Å²) in [5.74, 6) is 0.382. The number of benzene rings is 2. The molecule has 2 atom stereocenters. The second-order valence-corrected chi connectivity index (χ2v) is 10.1. The van der Waals surface area contributed by atoms with Gasteiger partial charge in [-0.2, -0.15) is 0 Å². The fourth-order valence-corrected chi connectivity index (χ4v) is 5.23. The van der Waals surface area contributed by atoms with Gasteiger partial charge in [-0.05, 0) is 43.6 Å². The summed E-state index contributed by atoms with van der Waals surface area (Å²) < 4.78 is 12.4. The van der Waals surface area contributed by atoms with Crippen molar-refractivity contribution in [3.05, 3.63) is 70.6 Å². The number of nitrogens with zero attached hydrogens (tertiary/aromatic N) is 2. The largest absolute Gasteiger partial charge is 0.472 e. The van der Waals surface area contributed by atoms with Crippen molar-refractivity contribution in [2.75, 3.05) is 39.8 Å². The summed E-state index contributed by atoms with van der Waals surface area (Å²) >= 11 is 12.4. The van der Waals surface area contributed by atoms with Crippen molar-refractivity contribution in [1.82, 2.24) is 4.90 Å². The number of amides is 1. The standard InChI is InChI=1S/C27H27Cl2N3O4/c1-30(26(33)15-32-23-12-21(28)22(29)13-25(23)36-17-27(32)34)24(14-31-8-2-3-9-31)19-6-4-5-18(11-19)20-7-10-35-16-20/h4-7,10-13,16,24H,2-3,8-9,14-15,17H2,1H3/p+2. The molecule has 0 saturated carbocycles. The lowest BCUT2D eigenvalue weighted by Gasteiger charge is -2.27. The number of nitrogens with one attached hydrogen (secondary N) is 1. The Morgan fingerprint density at radius 1 is 1.14 bits per heavy atom. The van der Waals surface area contributed by atoms with Crippen LogP contribution >= 0.6 is 23.2 Å². The van der Waals surface area contributed by atoms with E-state index in [0.29, 0.717) is 21.5 Å². The third-order valence-electron chi connectivity index (χ3n) is 7.01. The summed E-state index contributed by atoms with van der Waals surface area (Å²) in [6.45, 7) is 2.77. The Morgan fingerprint density at radius 3 is 2.67 bits per heavy atom. The number of furan rings is 1. The highest BCUT2D eigenvalue weighted by Crippen LogP contribution is 2.37. The lowest BCUT2D eigenvalue weighted by molar-refractivity contribution is -0.837. The molecule has 9 heteroatoms. The normalized spacial score (nSPS) is 17.5. The lowest BCUT2D eigenvalue weighted by Crippen LogP contribution is -3.13. The zero-order valence-corrected chi connectivity index (χ0v) is 21.6. The Balaban J connectivity index is 1.43. The van der Waals surface area contributed by atoms with E-state index in [1.165, 1.54) is 12.8 Å². The molecule has 36 heavy (non-hydrogen) atoms. The Morgan fingerprint density at radius 2 is 1.92 bits per heavy atom. The van der Waals surface area contributed by atoms with Gasteiger partial charge in [0.1, 0.15) is 6.04 Å². The molecule has 1 saturated heterocycles. The van der Waals surface area contributed by atoms with Crippen LogP contribution in [0.4, 0.5) is 5.69 Å². The minimum atomic E-state index is -0.0843. The summed E-state index contributed by atoms with van der Waals surface area (Å²) in [5, 5.41) is 11.3. The van der Waals surface area contributed by atoms with Crippen LogP contribution in [0.25, 0.3) is 11.1 Å². The van der Waals surface area contributed by atoms with Gasteiger partial charge in [-0.3, -0.25) is 9.80 Å². The number of rotatable bonds is 7. The van der Waals surface area contributed by atoms with Crippen LogP contribution in [0.5, 0.6) is 5.75 Å². The maximum Gasteiger partial charge on any atom is 0.379 e. The number of hydrogen-bond donors (Lipinski definition) is 2. The van der Waals surface area contributed by atoms with E-state index in [9.17, 15) is 9.90 Å². The monoisotopic (exact) mass is 529 g/mol. The average Bonchev–Trinajstić information content (AvgIpc) is 3.60. The van der Waals surface area contributed by atoms with E-state index in [1.54, 1.807) is 29.2 Å². The van der Waals surface area contributed by atoms with E-state index in [4.69, 9.17) is 32.4 Å². The summed E-state index contributed by atoms with van der Waals surface area (Å²) in [4.78, 5) is 16.8. The van der Waals surface area contributed by atoms with Crippen molar-refractivity contribution in [1.29, 1.82) is 0 Å². The molecule has 0 bridgehead atoms. The van der Waals surface area contributed by atoms with Crippen LogP contribution in [0.1, 0.15) is 24.4 Å². The molecule has 0 radical (unpaired) electrons. The second-order valence-electron chi connectivity index (χ2n) is 9.33. The number of quaternary nitrogens is 1. The summed E-state index contributed by atoms with van der Waals surface area (Å²) in [5.41, 5.74) is 3.65. The van der Waals surface area contributed by atoms with Crippen molar-refractivity contribution in [2.24, 2.45) is 0 Å². The van der Waals surface area contributed by atoms with Gasteiger partial charge in [-0.15, -0.1) is 4.58 Å². The fourth-order valence-electron chi connectivity index (χ4n) is 4.92. The number of carbonyl (C=O) groups is 1. The Hall–Kier alpha value is -2.84. The van der Waals surface area contributed by atoms with Gasteiger partial charge in [0.25, 0.3) is 12.2 Å². The number of likely N-dealkylation sites (N-methyl/N-ethyl adjacent to an activating group) is 1. The van der Waals surface area contributed by atoms with Gasteiger partial charge in [-0.25, -0.2) is 4.79 Å². The SMILES string of the molecule is C[NH+](C(=O)C[N+]1=C(O)COc2cc(Cl)c(Cl)cc21)C(CN1CCCC1)c1cccc(-c2ccoc2)c1. The first kappa shape index (κ1) is 24.8. The van der Waals surface area contributed by atoms with Gasteiger partial charge in [-0.1, -0.05) is 41.4 Å². The van der Waals surface area contributed by atoms with E-state index in [2.05, 4.69) is 17.0 Å². The number of ether oxygens (including phenoxy) is 1. The third kappa shape index (κ3) is 5.15. The Kier molecular flexibility index (Phi) is 7.34. The van der Waals surface area contributed by atoms with Gasteiger partial charge in [0.05, 0.1) is 36.2 Å². The summed E-state index contributed by atoms with van der Waals surface area (Å²) in [7, 11) is 1.90. The maximum absolute atomic E-state index is 13.7. The molecule has 1 amide bonds. The topological polar surface area (TPSA) is 70.4 Å². The predicted molar refractivity (Wildman–Crippen MR) is 139 cm³/mol. The first-order chi connectivity index (χ1) is 17.4. The van der Waals surface area contributed by atoms with Gasteiger partial charge < -0.3 is 14.3 Å². The number of aliphatic hydroxyl groups is 1. The molecule has 188 valence electrons. The second kappa shape index (κ2) is 10.6. The molecule has 3 aromatic rings. The molecule has 0 aliphatic carbocycles. The van der Waals surface area contributed by atoms with E-state index in [1.807, 2.05) is 25.2 Å². The highest BCUT2D eigenvalue weighted by molar-refractivity contribution is 6.42. The maximum atomic E-state index is 13.7. The van der Waals surface area contributed by atoms with Gasteiger partial charge in [0.15, 0.2) is 5.75 Å². The predicted octanol–water partition coefficient (Wildman–Crippen LogP) is 4.12. The molecule has 2 unspecified atom stereocenters. The van der Waals surface area contributed by atoms with Crippen LogP contribution in [0.15, 0.2) is 59.4 Å². The van der Waals surface area contributed by atoms with Gasteiger partial charge in [0, 0.05) is 23.3 Å². The minimum absolute atomic E-state index is 0.0239. The molecule has 2 aliphatic rings. The Bertz CT molecular complexity index is 1290. The fraction of sp³-hybridized carbons (Fsp3) is 0.333. The highest BCUT2D eigenvalue weighted by Gasteiger charge is 2.37. The molecule has 3 heterocycles. The Labute approximate surface area is 220 Å². The minimum Gasteiger partial charge on any atom is -0.472 e. The molecule has 5 rings (SSSR count). The number of halogens is 2. The average molecular weight is 530 g/mol. The molecular weight excluding hydrogens is 501 g/mol. The van der Waals surface area contributed by atoms with Crippen LogP contribution in [0.2, 0.25) is 10.0 Å². The number of carbonyl (C=O) groups excluding carboxylic acids is 1. The van der Waals surface area contributed by atoms with Crippen LogP contribution in [0, 0.1) is 0 Å². The van der Waals surface area contributed by atoms with E-state index in [-0.39, 0.29) is 31.0 Å². The summed E-state index contributed by atoms with van der Waals surface area (Å²) in [6, 6.07) is 13.4. The van der Waals surface area contributed by atoms with Gasteiger partial charge >= 0.3 is 11.8 Å². The molecule has 2 aliphatic heterocycles. The van der Waals surface area contributed by atoms with Crippen LogP contribution in [0.3, 0.4) is 0 Å². The van der Waals surface area contributed by atoms with Crippen molar-refractivity contribution in [2.45, 2.75) is 18.9 Å². The molecular formula is C27H29Cl2N3O4+2. The van der Waals surface area contributed by atoms with Crippen molar-refractivity contribution in [3.8, 4) is 16.9 Å². The van der Waals surface area contributed by atoms with E-state index >= 15 is 0 Å². The summed E-state index contributed by atoms with van der Waals surface area (Å²) in [6.07, 6.45) is 5.73. The van der Waals surface area contributed by atoms with Crippen molar-refractivity contribution in [3.63, 3.8) is 0 Å². The zero-order chi connectivity index (χ0) is 25.2. The highest BCUT2D eigenvalue weighted by atomic mass is 35.5. The quantitative estimate of drug-likeness (QED) is 0.450. The van der Waals surface area contributed by atoms with Crippen LogP contribution < -0.4 is 9.64 Å². The molecule has 7 nitrogen and oxygen atoms in total. The number of hydrogen-bond acceptors (Lipinski definition) is 4. The molecule has 1 fully saturated rings. The number of fused-ring (bicyclic) bond motifs is 1. The van der Waals surface area contributed by atoms with E-state index < -0.39 is 0 Å². The zero-order valence-electron chi connectivity index (χ0n) is 20.0. The molecule has 2 aromatic carbocycles. The van der Waals surface area contributed by atoms with E-state index in [0.717, 1.165) is 41.2 Å². The van der Waals surface area contributed by atoms with Gasteiger partial charge in [0.2, 0.25) is 6.61 Å². The first-order valence-electron chi connectivity index (χ1n) is 12.1. The number of likely N-dealkylation sites (tertiary alicyclic amines) is 1. The first-order valence-corrected chi connectivity index (χ1v) is 12.8. The smallest absolute Gasteiger partial charge is 0.379 e. The molecule has 1 aromatic heterocycles. The van der Waals surface area contributed by atoms with Crippen molar-refractivity contribution < 1.29 is 28.5 Å². The number of aliphatic hydroxyl groups excluding tert-OH is 1. The molecule has 2 N–H and O–H groups in total.